The zero-order valence-corrected chi connectivity index (χ0v) is 11.4. The molecule has 112 valence electrons. The average Bonchev–Trinajstić information content (AvgIpc) is 3.23. The van der Waals surface area contributed by atoms with Crippen LogP contribution in [0.15, 0.2) is 45.6 Å². The molecule has 0 saturated carbocycles. The second-order valence-corrected chi connectivity index (χ2v) is 5.17. The molecule has 0 radical (unpaired) electrons. The van der Waals surface area contributed by atoms with Gasteiger partial charge in [0.25, 0.3) is 0 Å². The lowest BCUT2D eigenvalue weighted by molar-refractivity contribution is -0.528. The summed E-state index contributed by atoms with van der Waals surface area (Å²) in [5.74, 6) is 1.80. The van der Waals surface area contributed by atoms with Gasteiger partial charge in [-0.25, -0.2) is 0 Å². The van der Waals surface area contributed by atoms with Crippen LogP contribution in [0.1, 0.15) is 23.4 Å². The molecule has 0 amide bonds. The lowest BCUT2D eigenvalue weighted by Crippen LogP contribution is -2.52. The highest BCUT2D eigenvalue weighted by Gasteiger charge is 2.46. The summed E-state index contributed by atoms with van der Waals surface area (Å²) in [6.45, 7) is 1.72. The van der Waals surface area contributed by atoms with E-state index < -0.39 is 6.16 Å². The molecular formula is C15H16O6. The third-order valence-electron chi connectivity index (χ3n) is 3.74. The predicted octanol–water partition coefficient (Wildman–Crippen LogP) is 2.44. The number of ether oxygens (including phenoxy) is 4. The molecule has 0 atom stereocenters. The van der Waals surface area contributed by atoms with Crippen molar-refractivity contribution in [2.75, 3.05) is 26.4 Å². The van der Waals surface area contributed by atoms with E-state index in [2.05, 4.69) is 0 Å². The zero-order valence-electron chi connectivity index (χ0n) is 11.4. The van der Waals surface area contributed by atoms with Gasteiger partial charge in [-0.05, 0) is 24.3 Å². The number of hydrogen-bond acceptors (Lipinski definition) is 6. The lowest BCUT2D eigenvalue weighted by Gasteiger charge is -2.41. The van der Waals surface area contributed by atoms with Crippen LogP contribution in [0, 0.1) is 0 Å². The maximum absolute atomic E-state index is 5.65. The highest BCUT2D eigenvalue weighted by atomic mass is 17.0. The molecule has 4 heterocycles. The van der Waals surface area contributed by atoms with E-state index in [1.54, 1.807) is 12.5 Å². The Morgan fingerprint density at radius 2 is 1.14 bits per heavy atom. The van der Waals surface area contributed by atoms with Crippen LogP contribution < -0.4 is 0 Å². The van der Waals surface area contributed by atoms with Crippen LogP contribution in [0.25, 0.3) is 0 Å². The summed E-state index contributed by atoms with van der Waals surface area (Å²) in [7, 11) is 0. The first kappa shape index (κ1) is 13.1. The molecule has 2 aliphatic rings. The highest BCUT2D eigenvalue weighted by molar-refractivity contribution is 5.07. The molecule has 0 aliphatic carbocycles. The van der Waals surface area contributed by atoms with E-state index in [-0.39, 0.29) is 11.8 Å². The molecule has 2 aliphatic heterocycles. The molecule has 0 bridgehead atoms. The van der Waals surface area contributed by atoms with Crippen molar-refractivity contribution in [3.8, 4) is 0 Å². The van der Waals surface area contributed by atoms with Gasteiger partial charge in [-0.1, -0.05) is 0 Å². The first-order chi connectivity index (χ1) is 10.3. The molecule has 6 nitrogen and oxygen atoms in total. The van der Waals surface area contributed by atoms with Crippen LogP contribution >= 0.6 is 0 Å². The van der Waals surface area contributed by atoms with Crippen LogP contribution in [-0.2, 0) is 18.9 Å². The van der Waals surface area contributed by atoms with Gasteiger partial charge in [-0.15, -0.1) is 0 Å². The molecule has 0 unspecified atom stereocenters. The van der Waals surface area contributed by atoms with Gasteiger partial charge in [0.05, 0.1) is 50.8 Å². The van der Waals surface area contributed by atoms with Gasteiger partial charge in [-0.2, -0.15) is 0 Å². The van der Waals surface area contributed by atoms with Crippen molar-refractivity contribution in [1.82, 2.24) is 0 Å². The fourth-order valence-electron chi connectivity index (χ4n) is 2.53. The lowest BCUT2D eigenvalue weighted by atomic mass is 10.1. The van der Waals surface area contributed by atoms with E-state index in [1.807, 2.05) is 24.3 Å². The molecular weight excluding hydrogens is 276 g/mol. The summed E-state index contributed by atoms with van der Waals surface area (Å²) in [6.07, 6.45) is 1.90. The topological polar surface area (TPSA) is 63.2 Å². The van der Waals surface area contributed by atoms with Crippen molar-refractivity contribution in [2.45, 2.75) is 18.0 Å². The van der Waals surface area contributed by atoms with E-state index in [4.69, 9.17) is 27.8 Å². The van der Waals surface area contributed by atoms with Crippen LogP contribution in [0.2, 0.25) is 0 Å². The van der Waals surface area contributed by atoms with Gasteiger partial charge < -0.3 is 27.8 Å². The molecule has 0 N–H and O–H groups in total. The minimum atomic E-state index is -1.38. The normalized spacial score (nSPS) is 33.3. The standard InChI is InChI=1S/C15H16O6/c1-3-13(16-5-1)11-7-18-15(19-8-11)20-9-12(10-21-15)14-4-2-6-17-14/h1-6,11-12H,7-10H2. The predicted molar refractivity (Wildman–Crippen MR) is 69.4 cm³/mol. The number of furan rings is 2. The first-order valence-corrected chi connectivity index (χ1v) is 6.97. The maximum atomic E-state index is 5.65. The van der Waals surface area contributed by atoms with Gasteiger partial charge in [0.1, 0.15) is 11.5 Å². The first-order valence-electron chi connectivity index (χ1n) is 6.97. The molecule has 2 aromatic heterocycles. The Hall–Kier alpha value is -1.60. The van der Waals surface area contributed by atoms with E-state index in [9.17, 15) is 0 Å². The zero-order chi connectivity index (χ0) is 14.1. The molecule has 0 aromatic carbocycles. The molecule has 21 heavy (non-hydrogen) atoms. The summed E-state index contributed by atoms with van der Waals surface area (Å²) in [5.41, 5.74) is 0. The second kappa shape index (κ2) is 5.31. The summed E-state index contributed by atoms with van der Waals surface area (Å²) in [4.78, 5) is 0. The average molecular weight is 292 g/mol. The fourth-order valence-corrected chi connectivity index (χ4v) is 2.53. The highest BCUT2D eigenvalue weighted by Crippen LogP contribution is 2.35. The van der Waals surface area contributed by atoms with Gasteiger partial charge >= 0.3 is 6.16 Å². The Labute approximate surface area is 121 Å². The van der Waals surface area contributed by atoms with Crippen molar-refractivity contribution < 1.29 is 27.8 Å². The Morgan fingerprint density at radius 1 is 0.714 bits per heavy atom. The fraction of sp³-hybridized carbons (Fsp3) is 0.467. The Bertz CT molecular complexity index is 489. The molecule has 2 fully saturated rings. The third kappa shape index (κ3) is 2.51. The van der Waals surface area contributed by atoms with Gasteiger partial charge in [0.15, 0.2) is 0 Å². The van der Waals surface area contributed by atoms with Crippen LogP contribution in [0.4, 0.5) is 0 Å². The van der Waals surface area contributed by atoms with E-state index >= 15 is 0 Å². The minimum Gasteiger partial charge on any atom is -0.469 e. The Kier molecular flexibility index (Phi) is 3.31. The van der Waals surface area contributed by atoms with Crippen molar-refractivity contribution in [2.24, 2.45) is 0 Å². The van der Waals surface area contributed by atoms with E-state index in [0.717, 1.165) is 11.5 Å². The summed E-state index contributed by atoms with van der Waals surface area (Å²) in [5, 5.41) is 0. The van der Waals surface area contributed by atoms with Crippen molar-refractivity contribution >= 4 is 0 Å². The van der Waals surface area contributed by atoms with Gasteiger partial charge in [-0.3, -0.25) is 0 Å². The maximum Gasteiger partial charge on any atom is 0.412 e. The van der Waals surface area contributed by atoms with E-state index in [1.165, 1.54) is 0 Å². The minimum absolute atomic E-state index is 0.0561. The van der Waals surface area contributed by atoms with Crippen LogP contribution in [-0.4, -0.2) is 32.6 Å². The second-order valence-electron chi connectivity index (χ2n) is 5.17. The molecule has 6 heteroatoms. The summed E-state index contributed by atoms with van der Waals surface area (Å²) < 4.78 is 33.3. The molecule has 1 spiro atoms. The quantitative estimate of drug-likeness (QED) is 0.847. The Morgan fingerprint density at radius 3 is 1.48 bits per heavy atom. The monoisotopic (exact) mass is 292 g/mol. The van der Waals surface area contributed by atoms with E-state index in [0.29, 0.717) is 26.4 Å². The molecule has 2 saturated heterocycles. The van der Waals surface area contributed by atoms with Crippen molar-refractivity contribution in [3.05, 3.63) is 48.3 Å². The molecule has 2 aromatic rings. The van der Waals surface area contributed by atoms with Crippen molar-refractivity contribution in [1.29, 1.82) is 0 Å². The number of hydrogen-bond donors (Lipinski definition) is 0. The van der Waals surface area contributed by atoms with Crippen LogP contribution in [0.5, 0.6) is 0 Å². The van der Waals surface area contributed by atoms with Crippen molar-refractivity contribution in [3.63, 3.8) is 0 Å². The van der Waals surface area contributed by atoms with Crippen LogP contribution in [0.3, 0.4) is 0 Å². The summed E-state index contributed by atoms with van der Waals surface area (Å²) >= 11 is 0. The Balaban J connectivity index is 1.36. The molecule has 4 rings (SSSR count). The van der Waals surface area contributed by atoms with Gasteiger partial charge in [0.2, 0.25) is 0 Å². The SMILES string of the molecule is c1coc(C2COC3(OC2)OCC(c2ccco2)CO3)c1. The third-order valence-corrected chi connectivity index (χ3v) is 3.74. The smallest absolute Gasteiger partial charge is 0.412 e. The summed E-state index contributed by atoms with van der Waals surface area (Å²) in [6, 6.07) is 7.51. The largest absolute Gasteiger partial charge is 0.469 e. The van der Waals surface area contributed by atoms with Gasteiger partial charge in [0, 0.05) is 0 Å². The number of rotatable bonds is 2.